The largest absolute Gasteiger partial charge is 0.326 e. The number of rotatable bonds is 2. The molecule has 4 nitrogen and oxygen atoms in total. The van der Waals surface area contributed by atoms with Crippen molar-refractivity contribution < 1.29 is 9.59 Å². The number of anilines is 1. The summed E-state index contributed by atoms with van der Waals surface area (Å²) in [5.41, 5.74) is 1.44. The third kappa shape index (κ3) is 2.96. The number of carbonyl (C=O) groups excluding carboxylic acids is 2. The monoisotopic (exact) mass is 278 g/mol. The van der Waals surface area contributed by atoms with Gasteiger partial charge in [0.15, 0.2) is 0 Å². The van der Waals surface area contributed by atoms with Crippen LogP contribution in [0.15, 0.2) is 29.2 Å². The maximum atomic E-state index is 11.5. The number of amides is 2. The topological polar surface area (TPSA) is 58.2 Å². The standard InChI is InChI=1S/C12H10N2O2S2/c1-7(15)13-9-5-3-2-4-8(9)6-10-11(16)14-12(17)18-10/h2-6H,1H3,(H,13,15)(H,14,16,17)/b10-6-. The molecule has 0 saturated carbocycles. The van der Waals surface area contributed by atoms with Crippen molar-refractivity contribution in [3.8, 4) is 0 Å². The fourth-order valence-corrected chi connectivity index (χ4v) is 2.52. The molecule has 1 aliphatic rings. The molecule has 0 aromatic heterocycles. The van der Waals surface area contributed by atoms with Gasteiger partial charge in [-0.15, -0.1) is 0 Å². The van der Waals surface area contributed by atoms with E-state index in [4.69, 9.17) is 12.2 Å². The molecule has 92 valence electrons. The number of hydrogen-bond donors (Lipinski definition) is 2. The summed E-state index contributed by atoms with van der Waals surface area (Å²) in [7, 11) is 0. The molecule has 6 heteroatoms. The van der Waals surface area contributed by atoms with E-state index in [1.165, 1.54) is 18.7 Å². The molecule has 18 heavy (non-hydrogen) atoms. The van der Waals surface area contributed by atoms with Gasteiger partial charge in [0, 0.05) is 12.6 Å². The average molecular weight is 278 g/mol. The second-order valence-electron chi connectivity index (χ2n) is 3.62. The van der Waals surface area contributed by atoms with E-state index in [1.807, 2.05) is 18.2 Å². The highest BCUT2D eigenvalue weighted by Crippen LogP contribution is 2.28. The van der Waals surface area contributed by atoms with Crippen LogP contribution in [0.5, 0.6) is 0 Å². The highest BCUT2D eigenvalue weighted by atomic mass is 32.2. The molecule has 1 fully saturated rings. The Balaban J connectivity index is 2.34. The van der Waals surface area contributed by atoms with Crippen LogP contribution >= 0.6 is 24.0 Å². The quantitative estimate of drug-likeness (QED) is 0.643. The maximum absolute atomic E-state index is 11.5. The highest BCUT2D eigenvalue weighted by molar-refractivity contribution is 8.26. The number of para-hydroxylation sites is 1. The number of hydrogen-bond acceptors (Lipinski definition) is 4. The Kier molecular flexibility index (Phi) is 3.78. The molecule has 1 aromatic rings. The predicted molar refractivity (Wildman–Crippen MR) is 77.1 cm³/mol. The minimum atomic E-state index is -0.206. The molecule has 0 bridgehead atoms. The zero-order chi connectivity index (χ0) is 13.1. The van der Waals surface area contributed by atoms with Gasteiger partial charge in [0.1, 0.15) is 4.32 Å². The molecule has 2 amide bonds. The number of carbonyl (C=O) groups is 2. The zero-order valence-electron chi connectivity index (χ0n) is 9.52. The van der Waals surface area contributed by atoms with Crippen molar-refractivity contribution in [1.29, 1.82) is 0 Å². The van der Waals surface area contributed by atoms with Gasteiger partial charge < -0.3 is 10.6 Å². The lowest BCUT2D eigenvalue weighted by Gasteiger charge is -2.06. The molecule has 0 radical (unpaired) electrons. The Morgan fingerprint density at radius 2 is 2.17 bits per heavy atom. The van der Waals surface area contributed by atoms with Gasteiger partial charge >= 0.3 is 0 Å². The summed E-state index contributed by atoms with van der Waals surface area (Å²) >= 11 is 6.13. The van der Waals surface area contributed by atoms with E-state index in [-0.39, 0.29) is 11.8 Å². The van der Waals surface area contributed by atoms with E-state index in [2.05, 4.69) is 10.6 Å². The number of thioether (sulfide) groups is 1. The van der Waals surface area contributed by atoms with Gasteiger partial charge in [-0.2, -0.15) is 0 Å². The van der Waals surface area contributed by atoms with Gasteiger partial charge in [-0.25, -0.2) is 0 Å². The smallest absolute Gasteiger partial charge is 0.263 e. The highest BCUT2D eigenvalue weighted by Gasteiger charge is 2.22. The average Bonchev–Trinajstić information content (AvgIpc) is 2.59. The normalized spacial score (nSPS) is 16.8. The summed E-state index contributed by atoms with van der Waals surface area (Å²) in [5.74, 6) is -0.359. The molecule has 1 aliphatic heterocycles. The van der Waals surface area contributed by atoms with Crippen LogP contribution in [-0.4, -0.2) is 16.1 Å². The minimum absolute atomic E-state index is 0.153. The molecule has 2 rings (SSSR count). The fourth-order valence-electron chi connectivity index (χ4n) is 1.49. The van der Waals surface area contributed by atoms with Crippen molar-refractivity contribution in [2.75, 3.05) is 5.32 Å². The maximum Gasteiger partial charge on any atom is 0.263 e. The molecule has 1 saturated heterocycles. The van der Waals surface area contributed by atoms with Crippen molar-refractivity contribution in [3.63, 3.8) is 0 Å². The molecular weight excluding hydrogens is 268 g/mol. The fraction of sp³-hybridized carbons (Fsp3) is 0.0833. The Morgan fingerprint density at radius 3 is 2.78 bits per heavy atom. The number of thiocarbonyl (C=S) groups is 1. The van der Waals surface area contributed by atoms with Crippen LogP contribution < -0.4 is 10.6 Å². The molecule has 1 heterocycles. The van der Waals surface area contributed by atoms with Gasteiger partial charge in [-0.05, 0) is 17.7 Å². The first-order valence-electron chi connectivity index (χ1n) is 5.18. The number of nitrogens with one attached hydrogen (secondary N) is 2. The zero-order valence-corrected chi connectivity index (χ0v) is 11.2. The van der Waals surface area contributed by atoms with Gasteiger partial charge in [-0.1, -0.05) is 42.2 Å². The summed E-state index contributed by atoms with van der Waals surface area (Å²) in [5, 5.41) is 5.26. The van der Waals surface area contributed by atoms with Crippen LogP contribution in [0.4, 0.5) is 5.69 Å². The summed E-state index contributed by atoms with van der Waals surface area (Å²) in [6.07, 6.45) is 1.71. The summed E-state index contributed by atoms with van der Waals surface area (Å²) in [6.45, 7) is 1.44. The first kappa shape index (κ1) is 12.8. The van der Waals surface area contributed by atoms with Gasteiger partial charge in [0.2, 0.25) is 5.91 Å². The lowest BCUT2D eigenvalue weighted by Crippen LogP contribution is -2.17. The van der Waals surface area contributed by atoms with Crippen molar-refractivity contribution in [2.45, 2.75) is 6.92 Å². The summed E-state index contributed by atoms with van der Waals surface area (Å²) in [4.78, 5) is 23.2. The lowest BCUT2D eigenvalue weighted by atomic mass is 10.1. The van der Waals surface area contributed by atoms with E-state index in [1.54, 1.807) is 12.1 Å². The van der Waals surface area contributed by atoms with Crippen LogP contribution in [0.2, 0.25) is 0 Å². The van der Waals surface area contributed by atoms with Crippen LogP contribution in [-0.2, 0) is 9.59 Å². The summed E-state index contributed by atoms with van der Waals surface area (Å²) < 4.78 is 0.447. The van der Waals surface area contributed by atoms with Gasteiger partial charge in [-0.3, -0.25) is 9.59 Å². The first-order chi connectivity index (χ1) is 8.56. The van der Waals surface area contributed by atoms with Crippen molar-refractivity contribution in [1.82, 2.24) is 5.32 Å². The van der Waals surface area contributed by atoms with E-state index < -0.39 is 0 Å². The van der Waals surface area contributed by atoms with Crippen molar-refractivity contribution >= 4 is 51.9 Å². The van der Waals surface area contributed by atoms with E-state index in [9.17, 15) is 9.59 Å². The van der Waals surface area contributed by atoms with Gasteiger partial charge in [0.05, 0.1) is 4.91 Å². The molecule has 0 atom stereocenters. The second-order valence-corrected chi connectivity index (χ2v) is 5.34. The van der Waals surface area contributed by atoms with Crippen LogP contribution in [0.1, 0.15) is 12.5 Å². The molecule has 0 aliphatic carbocycles. The lowest BCUT2D eigenvalue weighted by molar-refractivity contribution is -0.115. The van der Waals surface area contributed by atoms with Crippen LogP contribution in [0.3, 0.4) is 0 Å². The van der Waals surface area contributed by atoms with Crippen LogP contribution in [0.25, 0.3) is 6.08 Å². The van der Waals surface area contributed by atoms with E-state index in [0.29, 0.717) is 14.9 Å². The third-order valence-corrected chi connectivity index (χ3v) is 3.36. The molecule has 2 N–H and O–H groups in total. The Labute approximate surface area is 114 Å². The van der Waals surface area contributed by atoms with Crippen molar-refractivity contribution in [3.05, 3.63) is 34.7 Å². The Bertz CT molecular complexity index is 567. The van der Waals surface area contributed by atoms with E-state index in [0.717, 1.165) is 5.56 Å². The third-order valence-electron chi connectivity index (χ3n) is 2.20. The molecule has 1 aromatic carbocycles. The SMILES string of the molecule is CC(=O)Nc1ccccc1/C=C1\SC(=S)NC1=O. The van der Waals surface area contributed by atoms with Crippen molar-refractivity contribution in [2.24, 2.45) is 0 Å². The Hall–Kier alpha value is -1.66. The number of benzene rings is 1. The van der Waals surface area contributed by atoms with E-state index >= 15 is 0 Å². The molecule has 0 spiro atoms. The molecule has 0 unspecified atom stereocenters. The Morgan fingerprint density at radius 1 is 1.44 bits per heavy atom. The predicted octanol–water partition coefficient (Wildman–Crippen LogP) is 2.13. The van der Waals surface area contributed by atoms with Gasteiger partial charge in [0.25, 0.3) is 5.91 Å². The summed E-state index contributed by atoms with van der Waals surface area (Å²) in [6, 6.07) is 7.27. The second kappa shape index (κ2) is 5.32. The molecular formula is C12H10N2O2S2. The minimum Gasteiger partial charge on any atom is -0.326 e. The first-order valence-corrected chi connectivity index (χ1v) is 6.40. The van der Waals surface area contributed by atoms with Crippen LogP contribution in [0, 0.1) is 0 Å².